The van der Waals surface area contributed by atoms with E-state index < -0.39 is 17.9 Å². The normalized spacial score (nSPS) is 12.6. The maximum atomic E-state index is 12.7. The number of halogens is 2. The number of hydrogen-bond acceptors (Lipinski definition) is 8. The zero-order chi connectivity index (χ0) is 26.9. The summed E-state index contributed by atoms with van der Waals surface area (Å²) in [6, 6.07) is 13.0. The molecule has 0 fully saturated rings. The second-order valence-corrected chi connectivity index (χ2v) is 9.54. The number of aromatic nitrogens is 3. The molecule has 2 aromatic carbocycles. The first-order valence-electron chi connectivity index (χ1n) is 11.5. The van der Waals surface area contributed by atoms with Crippen molar-refractivity contribution in [1.82, 2.24) is 20.3 Å². The smallest absolute Gasteiger partial charge is 0.328 e. The molecule has 38 heavy (non-hydrogen) atoms. The third-order valence-electron chi connectivity index (χ3n) is 5.48. The van der Waals surface area contributed by atoms with Gasteiger partial charge in [-0.05, 0) is 42.3 Å². The van der Waals surface area contributed by atoms with Crippen molar-refractivity contribution in [1.29, 1.82) is 0 Å². The van der Waals surface area contributed by atoms with Crippen LogP contribution in [0.25, 0.3) is 6.08 Å². The number of carbonyl (C=O) groups is 2. The van der Waals surface area contributed by atoms with Gasteiger partial charge in [-0.2, -0.15) is 0 Å². The van der Waals surface area contributed by atoms with Crippen molar-refractivity contribution in [2.24, 2.45) is 0 Å². The molecule has 1 amide bonds. The highest BCUT2D eigenvalue weighted by molar-refractivity contribution is 7.07. The number of rotatable bonds is 10. The molecule has 194 valence electrons. The Balaban J connectivity index is 1.42. The van der Waals surface area contributed by atoms with Gasteiger partial charge >= 0.3 is 5.97 Å². The van der Waals surface area contributed by atoms with Crippen LogP contribution >= 0.6 is 34.5 Å². The molecule has 4 rings (SSSR count). The summed E-state index contributed by atoms with van der Waals surface area (Å²) in [7, 11) is 1.26. The first-order valence-corrected chi connectivity index (χ1v) is 13.2. The third-order valence-corrected chi connectivity index (χ3v) is 6.71. The Labute approximate surface area is 233 Å². The molecule has 0 saturated heterocycles. The molecule has 2 atom stereocenters. The molecule has 8 nitrogen and oxygen atoms in total. The SMILES string of the molecule is COC(=O)C(CC=Cc1ccc(NC(c2cscn2)c2ncccn2)cc1)NC(=O)c1c(Cl)cccc1Cl. The molecule has 0 aliphatic rings. The number of carbonyl (C=O) groups excluding carboxylic acids is 2. The number of nitrogens with zero attached hydrogens (tertiary/aromatic N) is 3. The average Bonchev–Trinajstić information content (AvgIpc) is 3.46. The van der Waals surface area contributed by atoms with Crippen LogP contribution in [0.5, 0.6) is 0 Å². The number of nitrogens with one attached hydrogen (secondary N) is 2. The Morgan fingerprint density at radius 2 is 1.74 bits per heavy atom. The molecule has 0 spiro atoms. The van der Waals surface area contributed by atoms with Crippen molar-refractivity contribution >= 4 is 58.2 Å². The lowest BCUT2D eigenvalue weighted by atomic mass is 10.1. The molecular formula is C27H23Cl2N5O3S. The second kappa shape index (κ2) is 13.1. The van der Waals surface area contributed by atoms with Gasteiger partial charge < -0.3 is 15.4 Å². The van der Waals surface area contributed by atoms with Gasteiger partial charge in [0.05, 0.1) is 33.9 Å². The molecule has 0 saturated carbocycles. The van der Waals surface area contributed by atoms with Crippen LogP contribution in [0, 0.1) is 0 Å². The Morgan fingerprint density at radius 1 is 1.03 bits per heavy atom. The molecule has 4 aromatic rings. The van der Waals surface area contributed by atoms with E-state index >= 15 is 0 Å². The van der Waals surface area contributed by atoms with Crippen molar-refractivity contribution in [3.63, 3.8) is 0 Å². The van der Waals surface area contributed by atoms with Gasteiger partial charge in [0.15, 0.2) is 5.82 Å². The number of hydrogen-bond donors (Lipinski definition) is 2. The minimum atomic E-state index is -0.915. The van der Waals surface area contributed by atoms with Crippen molar-refractivity contribution in [2.75, 3.05) is 12.4 Å². The summed E-state index contributed by atoms with van der Waals surface area (Å²) in [6.07, 6.45) is 7.24. The van der Waals surface area contributed by atoms with Crippen LogP contribution in [0.15, 0.2) is 77.9 Å². The quantitative estimate of drug-likeness (QED) is 0.233. The van der Waals surface area contributed by atoms with Gasteiger partial charge in [0, 0.05) is 23.5 Å². The number of benzene rings is 2. The van der Waals surface area contributed by atoms with Crippen molar-refractivity contribution in [2.45, 2.75) is 18.5 Å². The number of ether oxygens (including phenoxy) is 1. The molecule has 0 bridgehead atoms. The highest BCUT2D eigenvalue weighted by Crippen LogP contribution is 2.25. The van der Waals surface area contributed by atoms with Crippen LogP contribution in [0.4, 0.5) is 5.69 Å². The third kappa shape index (κ3) is 6.95. The maximum absolute atomic E-state index is 12.7. The van der Waals surface area contributed by atoms with Gasteiger partial charge in [-0.15, -0.1) is 11.3 Å². The van der Waals surface area contributed by atoms with Crippen LogP contribution in [0.2, 0.25) is 10.0 Å². The summed E-state index contributed by atoms with van der Waals surface area (Å²) in [4.78, 5) is 38.2. The van der Waals surface area contributed by atoms with E-state index in [4.69, 9.17) is 27.9 Å². The van der Waals surface area contributed by atoms with Gasteiger partial charge in [0.1, 0.15) is 12.1 Å². The largest absolute Gasteiger partial charge is 0.467 e. The van der Waals surface area contributed by atoms with E-state index in [1.807, 2.05) is 35.7 Å². The predicted octanol–water partition coefficient (Wildman–Crippen LogP) is 5.82. The highest BCUT2D eigenvalue weighted by Gasteiger charge is 2.23. The van der Waals surface area contributed by atoms with Crippen molar-refractivity contribution in [3.05, 3.63) is 111 Å². The predicted molar refractivity (Wildman–Crippen MR) is 149 cm³/mol. The molecular weight excluding hydrogens is 545 g/mol. The summed E-state index contributed by atoms with van der Waals surface area (Å²) >= 11 is 13.8. The Bertz CT molecular complexity index is 1380. The van der Waals surface area contributed by atoms with Crippen LogP contribution in [-0.4, -0.2) is 40.0 Å². The van der Waals surface area contributed by atoms with Crippen LogP contribution < -0.4 is 10.6 Å². The van der Waals surface area contributed by atoms with E-state index in [0.717, 1.165) is 16.9 Å². The summed E-state index contributed by atoms with van der Waals surface area (Å²) in [5.74, 6) is -0.518. The zero-order valence-corrected chi connectivity index (χ0v) is 22.5. The molecule has 2 unspecified atom stereocenters. The number of methoxy groups -OCH3 is 1. The molecule has 2 heterocycles. The fourth-order valence-corrected chi connectivity index (χ4v) is 4.74. The highest BCUT2D eigenvalue weighted by atomic mass is 35.5. The topological polar surface area (TPSA) is 106 Å². The number of anilines is 1. The van der Waals surface area contributed by atoms with E-state index in [0.29, 0.717) is 5.82 Å². The Hall–Kier alpha value is -3.79. The lowest BCUT2D eigenvalue weighted by Crippen LogP contribution is -2.41. The van der Waals surface area contributed by atoms with Gasteiger partial charge in [-0.3, -0.25) is 4.79 Å². The lowest BCUT2D eigenvalue weighted by molar-refractivity contribution is -0.142. The van der Waals surface area contributed by atoms with Crippen LogP contribution in [0.3, 0.4) is 0 Å². The fourth-order valence-electron chi connectivity index (χ4n) is 3.59. The molecule has 0 aliphatic heterocycles. The monoisotopic (exact) mass is 567 g/mol. The maximum Gasteiger partial charge on any atom is 0.328 e. The van der Waals surface area contributed by atoms with Crippen molar-refractivity contribution in [3.8, 4) is 0 Å². The summed E-state index contributed by atoms with van der Waals surface area (Å²) in [5, 5.41) is 8.43. The molecule has 0 aliphatic carbocycles. The second-order valence-electron chi connectivity index (χ2n) is 8.00. The van der Waals surface area contributed by atoms with E-state index in [1.165, 1.54) is 18.4 Å². The number of esters is 1. The van der Waals surface area contributed by atoms with E-state index in [9.17, 15) is 9.59 Å². The van der Waals surface area contributed by atoms with Gasteiger partial charge in [0.25, 0.3) is 5.91 Å². The van der Waals surface area contributed by atoms with Gasteiger partial charge in [0.2, 0.25) is 0 Å². The Morgan fingerprint density at radius 3 is 2.37 bits per heavy atom. The van der Waals surface area contributed by atoms with Gasteiger partial charge in [-0.25, -0.2) is 19.7 Å². The summed E-state index contributed by atoms with van der Waals surface area (Å²) < 4.78 is 4.86. The van der Waals surface area contributed by atoms with Crippen LogP contribution in [-0.2, 0) is 9.53 Å². The first kappa shape index (κ1) is 27.3. The van der Waals surface area contributed by atoms with Crippen LogP contribution in [0.1, 0.15) is 39.9 Å². The number of amides is 1. The standard InChI is InChI=1S/C27H23Cl2N5O3S/c1-37-27(36)21(34-26(35)23-19(28)6-3-7-20(23)29)8-2-5-17-9-11-18(12-10-17)33-24(22-15-38-16-32-22)25-30-13-4-14-31-25/h2-7,9-16,21,24,33H,8H2,1H3,(H,34,35). The van der Waals surface area contributed by atoms with E-state index in [2.05, 4.69) is 25.6 Å². The molecule has 11 heteroatoms. The average molecular weight is 568 g/mol. The minimum absolute atomic E-state index is 0.105. The molecule has 0 radical (unpaired) electrons. The summed E-state index contributed by atoms with van der Waals surface area (Å²) in [6.45, 7) is 0. The molecule has 2 aromatic heterocycles. The summed E-state index contributed by atoms with van der Waals surface area (Å²) in [5.41, 5.74) is 4.48. The lowest BCUT2D eigenvalue weighted by Gasteiger charge is -2.17. The van der Waals surface area contributed by atoms with E-state index in [1.54, 1.807) is 48.2 Å². The zero-order valence-electron chi connectivity index (χ0n) is 20.2. The first-order chi connectivity index (χ1) is 18.5. The van der Waals surface area contributed by atoms with Crippen molar-refractivity contribution < 1.29 is 14.3 Å². The number of thiazole rings is 1. The molecule has 2 N–H and O–H groups in total. The fraction of sp³-hybridized carbons (Fsp3) is 0.148. The Kier molecular flexibility index (Phi) is 9.42. The van der Waals surface area contributed by atoms with Gasteiger partial charge in [-0.1, -0.05) is 53.6 Å². The van der Waals surface area contributed by atoms with E-state index in [-0.39, 0.29) is 28.1 Å². The minimum Gasteiger partial charge on any atom is -0.467 e.